The molecule has 26 heavy (non-hydrogen) atoms. The van der Waals surface area contributed by atoms with Crippen LogP contribution in [-0.4, -0.2) is 50.6 Å². The van der Waals surface area contributed by atoms with Crippen LogP contribution in [0.15, 0.2) is 11.6 Å². The SMILES string of the molecule is C[C@]12CCC(=O)C=C1CCC1C2[C@@H](O)C[C@@]2(C)C1CC[C@]2(O)[C@@H](O)CO. The van der Waals surface area contributed by atoms with Gasteiger partial charge in [-0.2, -0.15) is 0 Å². The second kappa shape index (κ2) is 5.87. The van der Waals surface area contributed by atoms with E-state index in [1.807, 2.05) is 13.0 Å². The van der Waals surface area contributed by atoms with E-state index in [0.717, 1.165) is 25.7 Å². The van der Waals surface area contributed by atoms with Gasteiger partial charge in [0.2, 0.25) is 0 Å². The average molecular weight is 364 g/mol. The Labute approximate surface area is 155 Å². The monoisotopic (exact) mass is 364 g/mol. The Kier molecular flexibility index (Phi) is 4.20. The normalized spacial score (nSPS) is 51.9. The lowest BCUT2D eigenvalue weighted by Gasteiger charge is -2.61. The Bertz CT molecular complexity index is 644. The minimum atomic E-state index is -1.35. The predicted octanol–water partition coefficient (Wildman–Crippen LogP) is 1.57. The molecule has 0 aliphatic heterocycles. The quantitative estimate of drug-likeness (QED) is 0.596. The van der Waals surface area contributed by atoms with Crippen molar-refractivity contribution < 1.29 is 25.2 Å². The van der Waals surface area contributed by atoms with Gasteiger partial charge in [0.15, 0.2) is 5.78 Å². The van der Waals surface area contributed by atoms with Crippen LogP contribution in [0.4, 0.5) is 0 Å². The first-order valence-electron chi connectivity index (χ1n) is 10.1. The summed E-state index contributed by atoms with van der Waals surface area (Å²) < 4.78 is 0. The van der Waals surface area contributed by atoms with Crippen molar-refractivity contribution in [2.24, 2.45) is 28.6 Å². The number of ketones is 1. The molecule has 3 fully saturated rings. The summed E-state index contributed by atoms with van der Waals surface area (Å²) in [5.74, 6) is 0.798. The lowest BCUT2D eigenvalue weighted by atomic mass is 9.45. The van der Waals surface area contributed by atoms with Gasteiger partial charge in [0.05, 0.1) is 18.3 Å². The number of hydrogen-bond acceptors (Lipinski definition) is 5. The Morgan fingerprint density at radius 3 is 2.65 bits per heavy atom. The fourth-order valence-electron chi connectivity index (χ4n) is 7.42. The molecule has 0 amide bonds. The summed E-state index contributed by atoms with van der Waals surface area (Å²) in [7, 11) is 0. The second-order valence-electron chi connectivity index (χ2n) is 9.74. The van der Waals surface area contributed by atoms with Crippen LogP contribution in [0.2, 0.25) is 0 Å². The van der Waals surface area contributed by atoms with Crippen LogP contribution in [0.25, 0.3) is 0 Å². The summed E-state index contributed by atoms with van der Waals surface area (Å²) in [6.07, 6.45) is 4.92. The lowest BCUT2D eigenvalue weighted by Crippen LogP contribution is -2.63. The largest absolute Gasteiger partial charge is 0.394 e. The summed E-state index contributed by atoms with van der Waals surface area (Å²) in [4.78, 5) is 11.9. The van der Waals surface area contributed by atoms with E-state index in [0.29, 0.717) is 19.3 Å². The summed E-state index contributed by atoms with van der Waals surface area (Å²) in [6, 6.07) is 0. The number of rotatable bonds is 2. The molecule has 0 aromatic carbocycles. The number of allylic oxidation sites excluding steroid dienone is 1. The fourth-order valence-corrected chi connectivity index (χ4v) is 7.42. The Morgan fingerprint density at radius 2 is 1.96 bits per heavy atom. The van der Waals surface area contributed by atoms with Crippen molar-refractivity contribution in [1.82, 2.24) is 0 Å². The predicted molar refractivity (Wildman–Crippen MR) is 96.1 cm³/mol. The first-order chi connectivity index (χ1) is 12.2. The number of carbonyl (C=O) groups excluding carboxylic acids is 1. The van der Waals surface area contributed by atoms with Gasteiger partial charge >= 0.3 is 0 Å². The van der Waals surface area contributed by atoms with Crippen LogP contribution >= 0.6 is 0 Å². The van der Waals surface area contributed by atoms with Crippen molar-refractivity contribution in [3.05, 3.63) is 11.6 Å². The zero-order chi connectivity index (χ0) is 18.9. The minimum Gasteiger partial charge on any atom is -0.394 e. The molecule has 3 saturated carbocycles. The van der Waals surface area contributed by atoms with Crippen LogP contribution in [0.3, 0.4) is 0 Å². The van der Waals surface area contributed by atoms with E-state index in [1.165, 1.54) is 5.57 Å². The summed E-state index contributed by atoms with van der Waals surface area (Å²) in [5.41, 5.74) is -0.898. The van der Waals surface area contributed by atoms with Crippen molar-refractivity contribution >= 4 is 5.78 Å². The zero-order valence-corrected chi connectivity index (χ0v) is 15.8. The van der Waals surface area contributed by atoms with Crippen LogP contribution < -0.4 is 0 Å². The van der Waals surface area contributed by atoms with E-state index < -0.39 is 29.8 Å². The molecular formula is C21H32O5. The summed E-state index contributed by atoms with van der Waals surface area (Å²) in [5, 5.41) is 42.3. The minimum absolute atomic E-state index is 0.0993. The van der Waals surface area contributed by atoms with Gasteiger partial charge in [-0.1, -0.05) is 19.4 Å². The molecule has 4 N–H and O–H groups in total. The fraction of sp³-hybridized carbons (Fsp3) is 0.857. The van der Waals surface area contributed by atoms with Gasteiger partial charge in [-0.05, 0) is 67.8 Å². The van der Waals surface area contributed by atoms with Gasteiger partial charge in [-0.25, -0.2) is 0 Å². The van der Waals surface area contributed by atoms with Gasteiger partial charge in [0.25, 0.3) is 0 Å². The van der Waals surface area contributed by atoms with Crippen molar-refractivity contribution in [3.8, 4) is 0 Å². The molecule has 0 bridgehead atoms. The molecule has 3 unspecified atom stereocenters. The van der Waals surface area contributed by atoms with E-state index in [1.54, 1.807) is 0 Å². The number of aliphatic hydroxyl groups is 4. The number of aliphatic hydroxyl groups excluding tert-OH is 3. The zero-order valence-electron chi connectivity index (χ0n) is 15.8. The molecule has 4 aliphatic carbocycles. The van der Waals surface area contributed by atoms with Crippen LogP contribution in [0.5, 0.6) is 0 Å². The number of fused-ring (bicyclic) bond motifs is 5. The Hall–Kier alpha value is -0.750. The first kappa shape index (κ1) is 18.6. The van der Waals surface area contributed by atoms with E-state index in [4.69, 9.17) is 0 Å². The molecule has 8 atom stereocenters. The summed E-state index contributed by atoms with van der Waals surface area (Å²) in [6.45, 7) is 3.73. The van der Waals surface area contributed by atoms with Gasteiger partial charge in [0.1, 0.15) is 6.10 Å². The standard InChI is InChI=1S/C21H32O5/c1-19-7-5-13(23)9-12(19)3-4-14-15-6-8-21(26,17(25)11-22)20(15,2)10-16(24)18(14)19/h9,14-18,22,24-26H,3-8,10-11H2,1-2H3/t14?,15?,16-,17-,18?,19-,20-,21-/m0/s1. The molecular weight excluding hydrogens is 332 g/mol. The third kappa shape index (κ3) is 2.20. The van der Waals surface area contributed by atoms with Crippen molar-refractivity contribution in [2.45, 2.75) is 76.6 Å². The highest BCUT2D eigenvalue weighted by molar-refractivity contribution is 5.91. The summed E-state index contributed by atoms with van der Waals surface area (Å²) >= 11 is 0. The second-order valence-corrected chi connectivity index (χ2v) is 9.74. The molecule has 4 rings (SSSR count). The van der Waals surface area contributed by atoms with Gasteiger partial charge in [0, 0.05) is 11.8 Å². The van der Waals surface area contributed by atoms with Crippen molar-refractivity contribution in [3.63, 3.8) is 0 Å². The van der Waals surface area contributed by atoms with Crippen molar-refractivity contribution in [1.29, 1.82) is 0 Å². The Balaban J connectivity index is 1.72. The van der Waals surface area contributed by atoms with Gasteiger partial charge < -0.3 is 20.4 Å². The molecule has 0 heterocycles. The third-order valence-electron chi connectivity index (χ3n) is 8.84. The third-order valence-corrected chi connectivity index (χ3v) is 8.84. The first-order valence-corrected chi connectivity index (χ1v) is 10.1. The van der Waals surface area contributed by atoms with Gasteiger partial charge in [-0.3, -0.25) is 4.79 Å². The Morgan fingerprint density at radius 1 is 1.23 bits per heavy atom. The van der Waals surface area contributed by atoms with E-state index in [9.17, 15) is 25.2 Å². The molecule has 5 heteroatoms. The molecule has 146 valence electrons. The number of hydrogen-bond donors (Lipinski definition) is 4. The number of carbonyl (C=O) groups is 1. The molecule has 0 aromatic rings. The molecule has 0 spiro atoms. The van der Waals surface area contributed by atoms with Crippen LogP contribution in [0.1, 0.15) is 58.8 Å². The topological polar surface area (TPSA) is 98.0 Å². The highest BCUT2D eigenvalue weighted by atomic mass is 16.4. The molecule has 0 saturated heterocycles. The van der Waals surface area contributed by atoms with Crippen LogP contribution in [-0.2, 0) is 4.79 Å². The highest BCUT2D eigenvalue weighted by Gasteiger charge is 2.67. The van der Waals surface area contributed by atoms with Gasteiger partial charge in [-0.15, -0.1) is 0 Å². The van der Waals surface area contributed by atoms with E-state index >= 15 is 0 Å². The molecule has 0 radical (unpaired) electrons. The maximum absolute atomic E-state index is 11.9. The van der Waals surface area contributed by atoms with E-state index in [-0.39, 0.29) is 29.0 Å². The van der Waals surface area contributed by atoms with Crippen LogP contribution in [0, 0.1) is 28.6 Å². The highest BCUT2D eigenvalue weighted by Crippen LogP contribution is 2.67. The lowest BCUT2D eigenvalue weighted by molar-refractivity contribution is -0.207. The molecule has 4 aliphatic rings. The smallest absolute Gasteiger partial charge is 0.155 e. The maximum atomic E-state index is 11.9. The maximum Gasteiger partial charge on any atom is 0.155 e. The van der Waals surface area contributed by atoms with E-state index in [2.05, 4.69) is 6.92 Å². The molecule has 0 aromatic heterocycles. The molecule has 5 nitrogen and oxygen atoms in total. The van der Waals surface area contributed by atoms with Crippen molar-refractivity contribution in [2.75, 3.05) is 6.61 Å². The average Bonchev–Trinajstić information content (AvgIpc) is 2.86.